The molecule has 0 fully saturated rings. The first-order chi connectivity index (χ1) is 10.9. The number of nitrogens with one attached hydrogen (secondary N) is 1. The molecule has 0 bridgehead atoms. The average Bonchev–Trinajstić information content (AvgIpc) is 2.55. The van der Waals surface area contributed by atoms with Crippen molar-refractivity contribution in [2.75, 3.05) is 14.1 Å². The van der Waals surface area contributed by atoms with E-state index in [2.05, 4.69) is 5.32 Å². The number of nitrogens with zero attached hydrogens (tertiary/aromatic N) is 1. The van der Waals surface area contributed by atoms with Crippen molar-refractivity contribution in [2.24, 2.45) is 0 Å². The molecule has 0 radical (unpaired) electrons. The topological polar surface area (TPSA) is 83.6 Å². The van der Waals surface area contributed by atoms with E-state index < -0.39 is 29.5 Å². The van der Waals surface area contributed by atoms with Gasteiger partial charge in [0, 0.05) is 26.1 Å². The first kappa shape index (κ1) is 18.4. The van der Waals surface area contributed by atoms with Gasteiger partial charge in [0.05, 0.1) is 5.56 Å². The van der Waals surface area contributed by atoms with Crippen LogP contribution in [-0.4, -0.2) is 49.4 Å². The molecule has 124 valence electrons. The molecule has 23 heavy (non-hydrogen) atoms. The van der Waals surface area contributed by atoms with Gasteiger partial charge in [-0.05, 0) is 18.6 Å². The van der Waals surface area contributed by atoms with E-state index in [1.807, 2.05) is 0 Å². The van der Waals surface area contributed by atoms with Gasteiger partial charge in [0.25, 0.3) is 5.91 Å². The van der Waals surface area contributed by atoms with Gasteiger partial charge in [-0.1, -0.05) is 0 Å². The highest BCUT2D eigenvalue weighted by atomic mass is 19.2. The normalized spacial score (nSPS) is 11.5. The van der Waals surface area contributed by atoms with Gasteiger partial charge < -0.3 is 15.0 Å². The largest absolute Gasteiger partial charge is 0.357 e. The maximum Gasteiger partial charge on any atom is 0.255 e. The summed E-state index contributed by atoms with van der Waals surface area (Å²) in [5, 5.41) is 2.36. The van der Waals surface area contributed by atoms with Crippen LogP contribution in [0.3, 0.4) is 0 Å². The van der Waals surface area contributed by atoms with Crippen molar-refractivity contribution < 1.29 is 28.0 Å². The fourth-order valence-electron chi connectivity index (χ4n) is 2.07. The Balaban J connectivity index is 3.19. The Bertz CT molecular complexity index is 634. The Morgan fingerprint density at radius 2 is 1.87 bits per heavy atom. The SMILES string of the molecule is CNC(=O)C(CCC=O)N(C)C(=O)c1cc(F)c(F)cc1C=O. The third kappa shape index (κ3) is 4.18. The van der Waals surface area contributed by atoms with Gasteiger partial charge in [-0.25, -0.2) is 8.78 Å². The van der Waals surface area contributed by atoms with E-state index in [0.717, 1.165) is 4.90 Å². The Kier molecular flexibility index (Phi) is 6.49. The maximum absolute atomic E-state index is 13.4. The molecule has 0 spiro atoms. The average molecular weight is 326 g/mol. The minimum absolute atomic E-state index is 0.0357. The minimum atomic E-state index is -1.28. The van der Waals surface area contributed by atoms with E-state index in [1.165, 1.54) is 14.1 Å². The molecule has 0 aliphatic rings. The molecule has 1 atom stereocenters. The summed E-state index contributed by atoms with van der Waals surface area (Å²) in [7, 11) is 2.64. The van der Waals surface area contributed by atoms with Crippen molar-refractivity contribution in [2.45, 2.75) is 18.9 Å². The number of aldehydes is 2. The highest BCUT2D eigenvalue weighted by molar-refractivity contribution is 6.03. The van der Waals surface area contributed by atoms with Crippen LogP contribution in [0.25, 0.3) is 0 Å². The van der Waals surface area contributed by atoms with Crippen LogP contribution in [0.5, 0.6) is 0 Å². The number of amides is 2. The highest BCUT2D eigenvalue weighted by Gasteiger charge is 2.28. The van der Waals surface area contributed by atoms with Crippen molar-refractivity contribution >= 4 is 24.4 Å². The number of rotatable bonds is 7. The van der Waals surface area contributed by atoms with Crippen LogP contribution in [0.2, 0.25) is 0 Å². The lowest BCUT2D eigenvalue weighted by molar-refractivity contribution is -0.125. The fourth-order valence-corrected chi connectivity index (χ4v) is 2.07. The number of carbonyl (C=O) groups is 4. The molecule has 6 nitrogen and oxygen atoms in total. The predicted molar refractivity (Wildman–Crippen MR) is 77.0 cm³/mol. The van der Waals surface area contributed by atoms with E-state index in [9.17, 15) is 28.0 Å². The minimum Gasteiger partial charge on any atom is -0.357 e. The summed E-state index contributed by atoms with van der Waals surface area (Å²) in [4.78, 5) is 46.7. The number of benzene rings is 1. The first-order valence-electron chi connectivity index (χ1n) is 6.74. The molecule has 0 saturated heterocycles. The Morgan fingerprint density at radius 1 is 1.26 bits per heavy atom. The molecule has 1 N–H and O–H groups in total. The number of hydrogen-bond acceptors (Lipinski definition) is 4. The summed E-state index contributed by atoms with van der Waals surface area (Å²) in [5.41, 5.74) is -0.687. The monoisotopic (exact) mass is 326 g/mol. The quantitative estimate of drug-likeness (QED) is 0.756. The third-order valence-electron chi connectivity index (χ3n) is 3.34. The van der Waals surface area contributed by atoms with Gasteiger partial charge in [0.2, 0.25) is 5.91 Å². The van der Waals surface area contributed by atoms with Crippen LogP contribution in [-0.2, 0) is 9.59 Å². The van der Waals surface area contributed by atoms with E-state index in [0.29, 0.717) is 18.4 Å². The predicted octanol–water partition coefficient (Wildman–Crippen LogP) is 0.943. The molecular weight excluding hydrogens is 310 g/mol. The Hall–Kier alpha value is -2.64. The molecule has 1 aromatic rings. The summed E-state index contributed by atoms with van der Waals surface area (Å²) in [6.07, 6.45) is 0.923. The Morgan fingerprint density at radius 3 is 2.39 bits per heavy atom. The van der Waals surface area contributed by atoms with Crippen LogP contribution in [0.1, 0.15) is 33.6 Å². The molecule has 0 aliphatic heterocycles. The lowest BCUT2D eigenvalue weighted by atomic mass is 10.0. The molecule has 0 heterocycles. The number of carbonyl (C=O) groups excluding carboxylic acids is 4. The van der Waals surface area contributed by atoms with Gasteiger partial charge in [0.15, 0.2) is 17.9 Å². The summed E-state index contributed by atoms with van der Waals surface area (Å²) < 4.78 is 26.5. The fraction of sp³-hybridized carbons (Fsp3) is 0.333. The van der Waals surface area contributed by atoms with E-state index in [4.69, 9.17) is 0 Å². The van der Waals surface area contributed by atoms with Crippen LogP contribution in [0.15, 0.2) is 12.1 Å². The van der Waals surface area contributed by atoms with Crippen molar-refractivity contribution in [1.29, 1.82) is 0 Å². The molecule has 1 unspecified atom stereocenters. The highest BCUT2D eigenvalue weighted by Crippen LogP contribution is 2.17. The zero-order chi connectivity index (χ0) is 17.6. The van der Waals surface area contributed by atoms with Crippen LogP contribution in [0.4, 0.5) is 8.78 Å². The smallest absolute Gasteiger partial charge is 0.255 e. The molecule has 1 aromatic carbocycles. The van der Waals surface area contributed by atoms with E-state index >= 15 is 0 Å². The molecule has 0 aliphatic carbocycles. The van der Waals surface area contributed by atoms with Crippen molar-refractivity contribution in [3.05, 3.63) is 34.9 Å². The zero-order valence-corrected chi connectivity index (χ0v) is 12.6. The molecule has 8 heteroatoms. The first-order valence-corrected chi connectivity index (χ1v) is 6.74. The molecule has 1 rings (SSSR count). The van der Waals surface area contributed by atoms with Crippen molar-refractivity contribution in [3.8, 4) is 0 Å². The second-order valence-corrected chi connectivity index (χ2v) is 4.76. The summed E-state index contributed by atoms with van der Waals surface area (Å²) in [6, 6.07) is 0.243. The second-order valence-electron chi connectivity index (χ2n) is 4.76. The van der Waals surface area contributed by atoms with E-state index in [-0.39, 0.29) is 30.3 Å². The van der Waals surface area contributed by atoms with Crippen LogP contribution in [0, 0.1) is 11.6 Å². The van der Waals surface area contributed by atoms with Crippen LogP contribution < -0.4 is 5.32 Å². The second kappa shape index (κ2) is 8.11. The van der Waals surface area contributed by atoms with Gasteiger partial charge in [-0.15, -0.1) is 0 Å². The third-order valence-corrected chi connectivity index (χ3v) is 3.34. The van der Waals surface area contributed by atoms with Gasteiger partial charge in [-0.2, -0.15) is 0 Å². The molecule has 0 aromatic heterocycles. The lowest BCUT2D eigenvalue weighted by Crippen LogP contribution is -2.47. The van der Waals surface area contributed by atoms with Crippen molar-refractivity contribution in [1.82, 2.24) is 10.2 Å². The van der Waals surface area contributed by atoms with Gasteiger partial charge in [-0.3, -0.25) is 14.4 Å². The van der Waals surface area contributed by atoms with Gasteiger partial charge in [0.1, 0.15) is 12.3 Å². The lowest BCUT2D eigenvalue weighted by Gasteiger charge is -2.27. The molecular formula is C15H16F2N2O4. The zero-order valence-electron chi connectivity index (χ0n) is 12.6. The van der Waals surface area contributed by atoms with Crippen LogP contribution >= 0.6 is 0 Å². The van der Waals surface area contributed by atoms with Crippen molar-refractivity contribution in [3.63, 3.8) is 0 Å². The Labute approximate surface area is 131 Å². The number of hydrogen-bond donors (Lipinski definition) is 1. The number of likely N-dealkylation sites (N-methyl/N-ethyl adjacent to an activating group) is 2. The van der Waals surface area contributed by atoms with E-state index in [1.54, 1.807) is 0 Å². The maximum atomic E-state index is 13.4. The number of halogens is 2. The summed E-state index contributed by atoms with van der Waals surface area (Å²) >= 11 is 0. The summed E-state index contributed by atoms with van der Waals surface area (Å²) in [5.74, 6) is -3.88. The van der Waals surface area contributed by atoms with Gasteiger partial charge >= 0.3 is 0 Å². The molecule has 2 amide bonds. The molecule has 0 saturated carbocycles. The summed E-state index contributed by atoms with van der Waals surface area (Å²) in [6.45, 7) is 0. The standard InChI is InChI=1S/C15H16F2N2O4/c1-18-14(22)13(4-3-5-20)19(2)15(23)10-7-12(17)11(16)6-9(10)8-21/h5-8,13H,3-4H2,1-2H3,(H,18,22).